The molecule has 0 amide bonds. The molecule has 1 aromatic heterocycles. The van der Waals surface area contributed by atoms with E-state index in [1.165, 1.54) is 10.4 Å². The van der Waals surface area contributed by atoms with Crippen molar-refractivity contribution >= 4 is 11.3 Å². The van der Waals surface area contributed by atoms with Gasteiger partial charge in [-0.1, -0.05) is 18.2 Å². The molecule has 0 fully saturated rings. The Kier molecular flexibility index (Phi) is 4.93. The standard InChI is InChI=1S/C15H20N2OS/c1-4-18-15-8-6-5-7-14(15)11(2)16-9-13-10-17-12(3)19-13/h5-8,10-11,16H,4,9H2,1-3H3. The van der Waals surface area contributed by atoms with E-state index in [1.54, 1.807) is 11.3 Å². The van der Waals surface area contributed by atoms with Gasteiger partial charge in [0.2, 0.25) is 0 Å². The van der Waals surface area contributed by atoms with Gasteiger partial charge in [-0.25, -0.2) is 4.98 Å². The minimum atomic E-state index is 0.255. The molecule has 0 saturated carbocycles. The second-order valence-electron chi connectivity index (χ2n) is 4.42. The second kappa shape index (κ2) is 6.68. The Hall–Kier alpha value is -1.39. The average Bonchev–Trinajstić information content (AvgIpc) is 2.83. The maximum Gasteiger partial charge on any atom is 0.124 e. The molecule has 0 aliphatic heterocycles. The summed E-state index contributed by atoms with van der Waals surface area (Å²) in [7, 11) is 0. The van der Waals surface area contributed by atoms with Crippen molar-refractivity contribution in [1.29, 1.82) is 0 Å². The number of benzene rings is 1. The van der Waals surface area contributed by atoms with E-state index in [2.05, 4.69) is 23.3 Å². The van der Waals surface area contributed by atoms with Crippen LogP contribution in [0.4, 0.5) is 0 Å². The van der Waals surface area contributed by atoms with Crippen molar-refractivity contribution in [2.45, 2.75) is 33.4 Å². The number of rotatable bonds is 6. The summed E-state index contributed by atoms with van der Waals surface area (Å²) in [4.78, 5) is 5.53. The third kappa shape index (κ3) is 3.78. The third-order valence-corrected chi connectivity index (χ3v) is 3.85. The molecule has 2 rings (SSSR count). The van der Waals surface area contributed by atoms with Crippen LogP contribution in [0, 0.1) is 6.92 Å². The summed E-state index contributed by atoms with van der Waals surface area (Å²) >= 11 is 1.73. The first-order valence-electron chi connectivity index (χ1n) is 6.57. The molecule has 0 aliphatic carbocycles. The highest BCUT2D eigenvalue weighted by Crippen LogP contribution is 2.25. The number of para-hydroxylation sites is 1. The van der Waals surface area contributed by atoms with Crippen LogP contribution >= 0.6 is 11.3 Å². The molecule has 0 spiro atoms. The van der Waals surface area contributed by atoms with Gasteiger partial charge in [-0.05, 0) is 26.8 Å². The van der Waals surface area contributed by atoms with Crippen LogP contribution in [-0.2, 0) is 6.54 Å². The van der Waals surface area contributed by atoms with Crippen molar-refractivity contribution in [3.8, 4) is 5.75 Å². The zero-order valence-electron chi connectivity index (χ0n) is 11.6. The maximum absolute atomic E-state index is 5.66. The summed E-state index contributed by atoms with van der Waals surface area (Å²) in [5.74, 6) is 0.963. The monoisotopic (exact) mass is 276 g/mol. The first-order valence-corrected chi connectivity index (χ1v) is 7.38. The number of aromatic nitrogens is 1. The molecule has 4 heteroatoms. The van der Waals surface area contributed by atoms with Crippen molar-refractivity contribution in [3.05, 3.63) is 45.9 Å². The summed E-state index contributed by atoms with van der Waals surface area (Å²) in [5, 5.41) is 4.63. The van der Waals surface area contributed by atoms with Crippen molar-refractivity contribution in [2.24, 2.45) is 0 Å². The van der Waals surface area contributed by atoms with E-state index in [0.29, 0.717) is 6.61 Å². The van der Waals surface area contributed by atoms with E-state index in [0.717, 1.165) is 17.3 Å². The lowest BCUT2D eigenvalue weighted by Gasteiger charge is -2.17. The summed E-state index contributed by atoms with van der Waals surface area (Å²) in [6.45, 7) is 7.73. The molecule has 2 aromatic rings. The molecule has 3 nitrogen and oxygen atoms in total. The zero-order valence-corrected chi connectivity index (χ0v) is 12.5. The van der Waals surface area contributed by atoms with Crippen molar-refractivity contribution in [3.63, 3.8) is 0 Å². The molecule has 0 aliphatic rings. The average molecular weight is 276 g/mol. The number of ether oxygens (including phenoxy) is 1. The van der Waals surface area contributed by atoms with Gasteiger partial charge in [-0.15, -0.1) is 11.3 Å². The maximum atomic E-state index is 5.66. The zero-order chi connectivity index (χ0) is 13.7. The molecule has 1 unspecified atom stereocenters. The second-order valence-corrected chi connectivity index (χ2v) is 5.74. The number of thiazole rings is 1. The Bertz CT molecular complexity index is 524. The fourth-order valence-electron chi connectivity index (χ4n) is 1.98. The Labute approximate surface area is 118 Å². The lowest BCUT2D eigenvalue weighted by molar-refractivity contribution is 0.332. The lowest BCUT2D eigenvalue weighted by Crippen LogP contribution is -2.18. The van der Waals surface area contributed by atoms with E-state index >= 15 is 0 Å². The fraction of sp³-hybridized carbons (Fsp3) is 0.400. The smallest absolute Gasteiger partial charge is 0.124 e. The normalized spacial score (nSPS) is 12.4. The van der Waals surface area contributed by atoms with Crippen LogP contribution in [0.25, 0.3) is 0 Å². The predicted molar refractivity (Wildman–Crippen MR) is 79.7 cm³/mol. The number of nitrogens with zero attached hydrogens (tertiary/aromatic N) is 1. The minimum Gasteiger partial charge on any atom is -0.494 e. The van der Waals surface area contributed by atoms with Gasteiger partial charge < -0.3 is 10.1 Å². The van der Waals surface area contributed by atoms with E-state index in [9.17, 15) is 0 Å². The van der Waals surface area contributed by atoms with Crippen LogP contribution in [-0.4, -0.2) is 11.6 Å². The van der Waals surface area contributed by atoms with E-state index < -0.39 is 0 Å². The first kappa shape index (κ1) is 14.0. The quantitative estimate of drug-likeness (QED) is 0.873. The van der Waals surface area contributed by atoms with Gasteiger partial charge in [-0.3, -0.25) is 0 Å². The summed E-state index contributed by atoms with van der Waals surface area (Å²) in [5.41, 5.74) is 1.20. The molecular weight excluding hydrogens is 256 g/mol. The Balaban J connectivity index is 2.01. The minimum absolute atomic E-state index is 0.255. The Morgan fingerprint density at radius 3 is 2.84 bits per heavy atom. The lowest BCUT2D eigenvalue weighted by atomic mass is 10.1. The first-order chi connectivity index (χ1) is 9.20. The third-order valence-electron chi connectivity index (χ3n) is 2.94. The Morgan fingerprint density at radius 1 is 1.37 bits per heavy atom. The highest BCUT2D eigenvalue weighted by Gasteiger charge is 2.11. The SMILES string of the molecule is CCOc1ccccc1C(C)NCc1cnc(C)s1. The van der Waals surface area contributed by atoms with Crippen LogP contribution in [0.3, 0.4) is 0 Å². The van der Waals surface area contributed by atoms with Gasteiger partial charge in [-0.2, -0.15) is 0 Å². The number of hydrogen-bond acceptors (Lipinski definition) is 4. The van der Waals surface area contributed by atoms with Crippen molar-refractivity contribution in [2.75, 3.05) is 6.61 Å². The van der Waals surface area contributed by atoms with Gasteiger partial charge in [0.25, 0.3) is 0 Å². The summed E-state index contributed by atoms with van der Waals surface area (Å²) in [6, 6.07) is 8.44. The van der Waals surface area contributed by atoms with Gasteiger partial charge >= 0.3 is 0 Å². The topological polar surface area (TPSA) is 34.1 Å². The summed E-state index contributed by atoms with van der Waals surface area (Å²) < 4.78 is 5.66. The van der Waals surface area contributed by atoms with E-state index in [4.69, 9.17) is 4.74 Å². The van der Waals surface area contributed by atoms with Crippen LogP contribution in [0.15, 0.2) is 30.5 Å². The van der Waals surface area contributed by atoms with Gasteiger partial charge in [0.1, 0.15) is 5.75 Å². The highest BCUT2D eigenvalue weighted by molar-refractivity contribution is 7.11. The molecule has 19 heavy (non-hydrogen) atoms. The molecular formula is C15H20N2OS. The summed E-state index contributed by atoms with van der Waals surface area (Å²) in [6.07, 6.45) is 1.94. The van der Waals surface area contributed by atoms with E-state index in [-0.39, 0.29) is 6.04 Å². The Morgan fingerprint density at radius 2 is 2.16 bits per heavy atom. The largest absolute Gasteiger partial charge is 0.494 e. The van der Waals surface area contributed by atoms with E-state index in [1.807, 2.05) is 38.2 Å². The molecule has 1 aromatic carbocycles. The predicted octanol–water partition coefficient (Wildman–Crippen LogP) is 3.70. The highest BCUT2D eigenvalue weighted by atomic mass is 32.1. The molecule has 1 heterocycles. The van der Waals surface area contributed by atoms with Crippen molar-refractivity contribution < 1.29 is 4.74 Å². The van der Waals surface area contributed by atoms with Gasteiger partial charge in [0.05, 0.1) is 11.6 Å². The van der Waals surface area contributed by atoms with Gasteiger partial charge in [0, 0.05) is 29.2 Å². The van der Waals surface area contributed by atoms with Gasteiger partial charge in [0.15, 0.2) is 0 Å². The van der Waals surface area contributed by atoms with Crippen LogP contribution in [0.5, 0.6) is 5.75 Å². The fourth-order valence-corrected chi connectivity index (χ4v) is 2.72. The molecule has 1 atom stereocenters. The van der Waals surface area contributed by atoms with Crippen molar-refractivity contribution in [1.82, 2.24) is 10.3 Å². The van der Waals surface area contributed by atoms with Crippen LogP contribution < -0.4 is 10.1 Å². The van der Waals surface area contributed by atoms with Crippen LogP contribution in [0.1, 0.15) is 35.3 Å². The molecule has 0 saturated heterocycles. The van der Waals surface area contributed by atoms with Crippen LogP contribution in [0.2, 0.25) is 0 Å². The molecule has 102 valence electrons. The molecule has 0 radical (unpaired) electrons. The molecule has 0 bridgehead atoms. The number of hydrogen-bond donors (Lipinski definition) is 1. The number of aryl methyl sites for hydroxylation is 1. The number of nitrogens with one attached hydrogen (secondary N) is 1. The molecule has 1 N–H and O–H groups in total.